The zero-order valence-electron chi connectivity index (χ0n) is 23.6. The molecule has 9 heteroatoms. The molecular formula is C31H36N4O4S. The average molecular weight is 561 g/mol. The second-order valence-electron chi connectivity index (χ2n) is 10.1. The van der Waals surface area contributed by atoms with Crippen LogP contribution in [0.4, 0.5) is 0 Å². The number of phenols is 1. The van der Waals surface area contributed by atoms with Gasteiger partial charge in [0.05, 0.1) is 17.9 Å². The van der Waals surface area contributed by atoms with E-state index in [0.717, 1.165) is 30.0 Å². The number of para-hydroxylation sites is 1. The summed E-state index contributed by atoms with van der Waals surface area (Å²) in [6.45, 7) is 9.98. The molecule has 3 atom stereocenters. The summed E-state index contributed by atoms with van der Waals surface area (Å²) in [5.41, 5.74) is 5.28. The highest BCUT2D eigenvalue weighted by molar-refractivity contribution is 8.13. The van der Waals surface area contributed by atoms with E-state index in [4.69, 9.17) is 9.47 Å². The van der Waals surface area contributed by atoms with E-state index < -0.39 is 0 Å². The lowest BCUT2D eigenvalue weighted by atomic mass is 9.86. The van der Waals surface area contributed by atoms with E-state index in [-0.39, 0.29) is 40.8 Å². The van der Waals surface area contributed by atoms with E-state index in [9.17, 15) is 9.90 Å². The Hall–Kier alpha value is -3.69. The molecule has 0 saturated carbocycles. The maximum Gasteiger partial charge on any atom is 0.306 e. The maximum absolute atomic E-state index is 12.8. The Balaban J connectivity index is 1.54. The fourth-order valence-corrected chi connectivity index (χ4v) is 7.39. The first-order valence-corrected chi connectivity index (χ1v) is 14.8. The van der Waals surface area contributed by atoms with Gasteiger partial charge in [0.15, 0.2) is 0 Å². The number of aryl methyl sites for hydroxylation is 2. The number of carbonyl (C=O) groups excluding carboxylic acids is 1. The molecule has 0 radical (unpaired) electrons. The number of rotatable bonds is 7. The van der Waals surface area contributed by atoms with Gasteiger partial charge < -0.3 is 14.6 Å². The molecule has 4 aromatic rings. The molecule has 0 amide bonds. The van der Waals surface area contributed by atoms with Crippen LogP contribution in [0.25, 0.3) is 11.0 Å². The average Bonchev–Trinajstić information content (AvgIpc) is 3.24. The van der Waals surface area contributed by atoms with E-state index in [1.807, 2.05) is 18.2 Å². The van der Waals surface area contributed by atoms with Crippen LogP contribution in [-0.2, 0) is 23.1 Å². The quantitative estimate of drug-likeness (QED) is 0.229. The molecular weight excluding hydrogens is 524 g/mol. The fourth-order valence-electron chi connectivity index (χ4n) is 5.37. The van der Waals surface area contributed by atoms with E-state index in [1.165, 1.54) is 16.0 Å². The zero-order valence-corrected chi connectivity index (χ0v) is 24.4. The standard InChI is InChI=1S/C31H36N4O4S/c1-6-38-30(37)17-25(23-15-26-31(27(36)16-23)34(5)33-32-26)22-13-12-20(3)24(14-22)19-35-18-21(4)39-28-10-8-9-11-29(28)40(35)7-2/h7-16,21,25,36H,6,17-19H2,1-5H3. The van der Waals surface area contributed by atoms with Crippen LogP contribution in [-0.4, -0.2) is 55.0 Å². The summed E-state index contributed by atoms with van der Waals surface area (Å²) in [6.07, 6.45) is 0.191. The number of benzene rings is 3. The van der Waals surface area contributed by atoms with Crippen LogP contribution in [0.15, 0.2) is 59.5 Å². The topological polar surface area (TPSA) is 89.7 Å². The summed E-state index contributed by atoms with van der Waals surface area (Å²) in [5, 5.41) is 21.3. The molecule has 1 N–H and O–H groups in total. The largest absolute Gasteiger partial charge is 0.506 e. The van der Waals surface area contributed by atoms with Gasteiger partial charge in [-0.1, -0.05) is 46.2 Å². The number of aromatic hydroxyl groups is 1. The van der Waals surface area contributed by atoms with Crippen molar-refractivity contribution in [2.45, 2.75) is 57.6 Å². The van der Waals surface area contributed by atoms with Gasteiger partial charge in [-0.25, -0.2) is 8.99 Å². The van der Waals surface area contributed by atoms with Crippen molar-refractivity contribution in [3.05, 3.63) is 76.9 Å². The number of hydrogen-bond donors (Lipinski definition) is 1. The third kappa shape index (κ3) is 5.62. The molecule has 5 rings (SSSR count). The predicted molar refractivity (Wildman–Crippen MR) is 159 cm³/mol. The fraction of sp³-hybridized carbons (Fsp3) is 0.355. The molecule has 1 aromatic heterocycles. The third-order valence-electron chi connectivity index (χ3n) is 7.27. The molecule has 0 spiro atoms. The Morgan fingerprint density at radius 1 is 1.23 bits per heavy atom. The second kappa shape index (κ2) is 11.8. The number of ether oxygens (including phenoxy) is 2. The number of esters is 1. The van der Waals surface area contributed by atoms with Crippen molar-refractivity contribution in [3.8, 4) is 11.5 Å². The molecule has 1 aliphatic heterocycles. The lowest BCUT2D eigenvalue weighted by Gasteiger charge is -2.27. The molecule has 210 valence electrons. The highest BCUT2D eigenvalue weighted by atomic mass is 32.2. The van der Waals surface area contributed by atoms with Crippen LogP contribution in [0.2, 0.25) is 0 Å². The smallest absolute Gasteiger partial charge is 0.306 e. The lowest BCUT2D eigenvalue weighted by molar-refractivity contribution is -0.143. The first-order valence-electron chi connectivity index (χ1n) is 13.6. The van der Waals surface area contributed by atoms with Crippen LogP contribution < -0.4 is 4.74 Å². The van der Waals surface area contributed by atoms with Crippen molar-refractivity contribution in [3.63, 3.8) is 0 Å². The van der Waals surface area contributed by atoms with Gasteiger partial charge in [0.1, 0.15) is 28.6 Å². The second-order valence-corrected chi connectivity index (χ2v) is 12.2. The van der Waals surface area contributed by atoms with E-state index in [0.29, 0.717) is 17.6 Å². The molecule has 0 bridgehead atoms. The molecule has 2 heterocycles. The van der Waals surface area contributed by atoms with E-state index in [1.54, 1.807) is 24.7 Å². The Labute approximate surface area is 237 Å². The van der Waals surface area contributed by atoms with Gasteiger partial charge in [0, 0.05) is 26.1 Å². The molecule has 3 aromatic carbocycles. The van der Waals surface area contributed by atoms with E-state index in [2.05, 4.69) is 71.1 Å². The van der Waals surface area contributed by atoms with Gasteiger partial charge in [0.25, 0.3) is 0 Å². The van der Waals surface area contributed by atoms with Gasteiger partial charge in [-0.15, -0.1) is 5.10 Å². The summed E-state index contributed by atoms with van der Waals surface area (Å²) in [4.78, 5) is 13.9. The molecule has 0 fully saturated rings. The van der Waals surface area contributed by atoms with Crippen LogP contribution in [0.5, 0.6) is 11.5 Å². The van der Waals surface area contributed by atoms with Crippen molar-refractivity contribution in [2.24, 2.45) is 7.05 Å². The van der Waals surface area contributed by atoms with Gasteiger partial charge in [-0.2, -0.15) is 0 Å². The molecule has 0 saturated heterocycles. The number of phenolic OH excluding ortho intramolecular Hbond substituents is 1. The summed E-state index contributed by atoms with van der Waals surface area (Å²) < 4.78 is 15.6. The number of nitrogens with zero attached hydrogens (tertiary/aromatic N) is 4. The number of hydrogen-bond acceptors (Lipinski definition) is 7. The lowest BCUT2D eigenvalue weighted by Crippen LogP contribution is -2.28. The van der Waals surface area contributed by atoms with Gasteiger partial charge in [-0.05, 0) is 79.6 Å². The Kier molecular flexibility index (Phi) is 8.23. The van der Waals surface area contributed by atoms with Crippen LogP contribution in [0, 0.1) is 6.92 Å². The van der Waals surface area contributed by atoms with Crippen LogP contribution >= 0.6 is 10.7 Å². The first-order chi connectivity index (χ1) is 19.3. The van der Waals surface area contributed by atoms with Crippen molar-refractivity contribution in [1.82, 2.24) is 19.3 Å². The Bertz CT molecular complexity index is 1580. The monoisotopic (exact) mass is 560 g/mol. The number of aromatic nitrogens is 3. The SMILES string of the molecule is C/C=S1\c2ccccc2OC(C)CN1Cc1cc(C(CC(=O)OCC)c2cc(O)c3c(c2)nnn3C)ccc1C. The molecule has 3 unspecified atom stereocenters. The maximum atomic E-state index is 12.8. The minimum absolute atomic E-state index is 0.0420. The molecule has 0 aliphatic carbocycles. The van der Waals surface area contributed by atoms with Crippen LogP contribution in [0.1, 0.15) is 55.4 Å². The summed E-state index contributed by atoms with van der Waals surface area (Å²) in [5.74, 6) is 0.420. The van der Waals surface area contributed by atoms with Crippen molar-refractivity contribution >= 4 is 33.0 Å². The minimum atomic E-state index is -0.321. The molecule has 40 heavy (non-hydrogen) atoms. The number of fused-ring (bicyclic) bond motifs is 2. The first kappa shape index (κ1) is 27.9. The summed E-state index contributed by atoms with van der Waals surface area (Å²) >= 11 is 0. The van der Waals surface area contributed by atoms with Gasteiger partial charge in [-0.3, -0.25) is 4.79 Å². The Morgan fingerprint density at radius 2 is 2.02 bits per heavy atom. The minimum Gasteiger partial charge on any atom is -0.506 e. The predicted octanol–water partition coefficient (Wildman–Crippen LogP) is 5.72. The zero-order chi connectivity index (χ0) is 28.4. The highest BCUT2D eigenvalue weighted by Crippen LogP contribution is 2.42. The van der Waals surface area contributed by atoms with E-state index >= 15 is 0 Å². The third-order valence-corrected chi connectivity index (χ3v) is 9.34. The van der Waals surface area contributed by atoms with Crippen molar-refractivity contribution in [1.29, 1.82) is 0 Å². The van der Waals surface area contributed by atoms with Crippen molar-refractivity contribution in [2.75, 3.05) is 13.2 Å². The number of carbonyl (C=O) groups is 1. The normalized spacial score (nSPS) is 18.2. The summed E-state index contributed by atoms with van der Waals surface area (Å²) in [7, 11) is 1.51. The Morgan fingerprint density at radius 3 is 2.80 bits per heavy atom. The molecule has 1 aliphatic rings. The van der Waals surface area contributed by atoms with Crippen LogP contribution in [0.3, 0.4) is 0 Å². The highest BCUT2D eigenvalue weighted by Gasteiger charge is 2.26. The van der Waals surface area contributed by atoms with Gasteiger partial charge in [0.2, 0.25) is 0 Å². The molecule has 8 nitrogen and oxygen atoms in total. The van der Waals surface area contributed by atoms with Crippen molar-refractivity contribution < 1.29 is 19.4 Å². The summed E-state index contributed by atoms with van der Waals surface area (Å²) in [6, 6.07) is 18.3. The van der Waals surface area contributed by atoms with Gasteiger partial charge >= 0.3 is 5.97 Å².